The number of hydrogen-bond donors (Lipinski definition) is 1. The third kappa shape index (κ3) is 3.71. The van der Waals surface area contributed by atoms with Gasteiger partial charge in [0.05, 0.1) is 6.04 Å². The lowest BCUT2D eigenvalue weighted by Crippen LogP contribution is -2.39. The molecule has 0 saturated heterocycles. The van der Waals surface area contributed by atoms with Gasteiger partial charge in [-0.3, -0.25) is 9.59 Å². The predicted octanol–water partition coefficient (Wildman–Crippen LogP) is 4.29. The van der Waals surface area contributed by atoms with Gasteiger partial charge in [0.1, 0.15) is 24.0 Å². The molecule has 1 aliphatic rings. The van der Waals surface area contributed by atoms with Gasteiger partial charge in [-0.15, -0.1) is 0 Å². The Morgan fingerprint density at radius 3 is 2.10 bits per heavy atom. The van der Waals surface area contributed by atoms with Crippen LogP contribution >= 0.6 is 0 Å². The quantitative estimate of drug-likeness (QED) is 0.703. The van der Waals surface area contributed by atoms with E-state index in [1.165, 1.54) is 59.5 Å². The second-order valence-corrected chi connectivity index (χ2v) is 6.67. The standard InChI is InChI=1S/C22H15F3N2O2/c23-15-5-1-13(2-6-15)21-18-11-17(25)9-10-19(18)26-20(28)12-27(21)22(29)14-3-7-16(24)8-4-14/h1-11,21H,12H2,(H,26,28)/t21-/m1/s1. The number of anilines is 1. The van der Waals surface area contributed by atoms with Gasteiger partial charge in [0, 0.05) is 16.8 Å². The van der Waals surface area contributed by atoms with Crippen molar-refractivity contribution in [3.8, 4) is 0 Å². The largest absolute Gasteiger partial charge is 0.324 e. The number of benzene rings is 3. The topological polar surface area (TPSA) is 49.4 Å². The molecule has 1 heterocycles. The van der Waals surface area contributed by atoms with Crippen molar-refractivity contribution in [3.05, 3.63) is 101 Å². The highest BCUT2D eigenvalue weighted by atomic mass is 19.1. The number of carbonyl (C=O) groups excluding carboxylic acids is 2. The lowest BCUT2D eigenvalue weighted by Gasteiger charge is -2.30. The zero-order valence-corrected chi connectivity index (χ0v) is 15.0. The molecule has 7 heteroatoms. The molecular formula is C22H15F3N2O2. The first kappa shape index (κ1) is 18.7. The monoisotopic (exact) mass is 396 g/mol. The van der Waals surface area contributed by atoms with Crippen LogP contribution in [0.25, 0.3) is 0 Å². The summed E-state index contributed by atoms with van der Waals surface area (Å²) in [5, 5.41) is 2.67. The molecule has 1 atom stereocenters. The highest BCUT2D eigenvalue weighted by Crippen LogP contribution is 2.37. The van der Waals surface area contributed by atoms with Crippen LogP contribution in [-0.4, -0.2) is 23.3 Å². The van der Waals surface area contributed by atoms with Crippen molar-refractivity contribution in [1.82, 2.24) is 4.90 Å². The molecule has 3 aromatic carbocycles. The Morgan fingerprint density at radius 1 is 0.862 bits per heavy atom. The number of fused-ring (bicyclic) bond motifs is 1. The fourth-order valence-corrected chi connectivity index (χ4v) is 3.43. The van der Waals surface area contributed by atoms with Crippen molar-refractivity contribution in [2.24, 2.45) is 0 Å². The summed E-state index contributed by atoms with van der Waals surface area (Å²) in [6.07, 6.45) is 0. The third-order valence-corrected chi connectivity index (χ3v) is 4.75. The van der Waals surface area contributed by atoms with Crippen LogP contribution < -0.4 is 5.32 Å². The minimum absolute atomic E-state index is 0.172. The van der Waals surface area contributed by atoms with Crippen molar-refractivity contribution in [2.75, 3.05) is 11.9 Å². The van der Waals surface area contributed by atoms with E-state index < -0.39 is 35.3 Å². The first-order chi connectivity index (χ1) is 13.9. The Hall–Kier alpha value is -3.61. The summed E-state index contributed by atoms with van der Waals surface area (Å²) in [4.78, 5) is 26.9. The van der Waals surface area contributed by atoms with Crippen molar-refractivity contribution >= 4 is 17.5 Å². The molecule has 0 bridgehead atoms. The fraction of sp³-hybridized carbons (Fsp3) is 0.0909. The zero-order valence-electron chi connectivity index (χ0n) is 15.0. The van der Waals surface area contributed by atoms with Crippen LogP contribution in [0.15, 0.2) is 66.7 Å². The molecule has 0 unspecified atom stereocenters. The van der Waals surface area contributed by atoms with Gasteiger partial charge in [-0.05, 0) is 60.2 Å². The summed E-state index contributed by atoms with van der Waals surface area (Å²) in [7, 11) is 0. The summed E-state index contributed by atoms with van der Waals surface area (Å²) in [5.74, 6) is -2.50. The van der Waals surface area contributed by atoms with Crippen LogP contribution in [0, 0.1) is 17.5 Å². The van der Waals surface area contributed by atoms with Gasteiger partial charge >= 0.3 is 0 Å². The Morgan fingerprint density at radius 2 is 1.45 bits per heavy atom. The van der Waals surface area contributed by atoms with E-state index in [2.05, 4.69) is 5.32 Å². The number of halogens is 3. The second kappa shape index (κ2) is 7.43. The normalized spacial score (nSPS) is 16.0. The number of hydrogen-bond acceptors (Lipinski definition) is 2. The van der Waals surface area contributed by atoms with E-state index in [0.717, 1.165) is 12.1 Å². The molecule has 1 aliphatic heterocycles. The maximum atomic E-state index is 14.1. The van der Waals surface area contributed by atoms with Crippen LogP contribution in [0.5, 0.6) is 0 Å². The number of nitrogens with zero attached hydrogens (tertiary/aromatic N) is 1. The predicted molar refractivity (Wildman–Crippen MR) is 101 cm³/mol. The minimum atomic E-state index is -0.849. The van der Waals surface area contributed by atoms with Crippen LogP contribution in [0.3, 0.4) is 0 Å². The molecule has 0 spiro atoms. The molecule has 4 rings (SSSR count). The van der Waals surface area contributed by atoms with Gasteiger partial charge < -0.3 is 10.2 Å². The Kier molecular flexibility index (Phi) is 4.80. The van der Waals surface area contributed by atoms with Crippen molar-refractivity contribution < 1.29 is 22.8 Å². The molecule has 29 heavy (non-hydrogen) atoms. The van der Waals surface area contributed by atoms with Gasteiger partial charge in [0.25, 0.3) is 5.91 Å². The maximum absolute atomic E-state index is 14.1. The molecule has 1 N–H and O–H groups in total. The van der Waals surface area contributed by atoms with Crippen LogP contribution in [0.2, 0.25) is 0 Å². The molecule has 0 aliphatic carbocycles. The average molecular weight is 396 g/mol. The number of amides is 2. The Bertz CT molecular complexity index is 1080. The molecule has 2 amide bonds. The van der Waals surface area contributed by atoms with Gasteiger partial charge in [0.15, 0.2) is 0 Å². The third-order valence-electron chi connectivity index (χ3n) is 4.75. The highest BCUT2D eigenvalue weighted by Gasteiger charge is 2.34. The molecule has 0 saturated carbocycles. The second-order valence-electron chi connectivity index (χ2n) is 6.67. The van der Waals surface area contributed by atoms with E-state index in [1.54, 1.807) is 0 Å². The van der Waals surface area contributed by atoms with E-state index >= 15 is 0 Å². The van der Waals surface area contributed by atoms with Gasteiger partial charge in [-0.25, -0.2) is 13.2 Å². The van der Waals surface area contributed by atoms with E-state index in [0.29, 0.717) is 16.8 Å². The number of nitrogens with one attached hydrogen (secondary N) is 1. The Labute approximate surface area is 164 Å². The average Bonchev–Trinajstić information content (AvgIpc) is 2.84. The molecule has 0 radical (unpaired) electrons. The molecule has 0 aromatic heterocycles. The summed E-state index contributed by atoms with van der Waals surface area (Å²) < 4.78 is 40.8. The van der Waals surface area contributed by atoms with E-state index in [9.17, 15) is 22.8 Å². The molecule has 0 fully saturated rings. The number of rotatable bonds is 2. The van der Waals surface area contributed by atoms with Crippen LogP contribution in [-0.2, 0) is 4.79 Å². The summed E-state index contributed by atoms with van der Waals surface area (Å²) in [6.45, 7) is -0.311. The summed E-state index contributed by atoms with van der Waals surface area (Å²) in [6, 6.07) is 13.4. The fourth-order valence-electron chi connectivity index (χ4n) is 3.43. The van der Waals surface area contributed by atoms with Gasteiger partial charge in [-0.2, -0.15) is 0 Å². The van der Waals surface area contributed by atoms with E-state index in [1.807, 2.05) is 0 Å². The first-order valence-electron chi connectivity index (χ1n) is 8.83. The molecule has 4 nitrogen and oxygen atoms in total. The van der Waals surface area contributed by atoms with Crippen LogP contribution in [0.1, 0.15) is 27.5 Å². The maximum Gasteiger partial charge on any atom is 0.255 e. The molecular weight excluding hydrogens is 381 g/mol. The summed E-state index contributed by atoms with van der Waals surface area (Å²) in [5.41, 5.74) is 1.40. The zero-order chi connectivity index (χ0) is 20.5. The Balaban J connectivity index is 1.88. The van der Waals surface area contributed by atoms with Gasteiger partial charge in [-0.1, -0.05) is 12.1 Å². The lowest BCUT2D eigenvalue weighted by molar-refractivity contribution is -0.117. The van der Waals surface area contributed by atoms with E-state index in [4.69, 9.17) is 0 Å². The summed E-state index contributed by atoms with van der Waals surface area (Å²) >= 11 is 0. The molecule has 146 valence electrons. The highest BCUT2D eigenvalue weighted by molar-refractivity contribution is 6.01. The first-order valence-corrected chi connectivity index (χ1v) is 8.83. The SMILES string of the molecule is O=C1CN(C(=O)c2ccc(F)cc2)[C@H](c2ccc(F)cc2)c2cc(F)ccc2N1. The molecule has 3 aromatic rings. The lowest BCUT2D eigenvalue weighted by atomic mass is 9.95. The number of carbonyl (C=O) groups is 2. The van der Waals surface area contributed by atoms with Crippen LogP contribution in [0.4, 0.5) is 18.9 Å². The minimum Gasteiger partial charge on any atom is -0.324 e. The van der Waals surface area contributed by atoms with E-state index in [-0.39, 0.29) is 12.1 Å². The van der Waals surface area contributed by atoms with Crippen molar-refractivity contribution in [1.29, 1.82) is 0 Å². The van der Waals surface area contributed by atoms with Crippen molar-refractivity contribution in [2.45, 2.75) is 6.04 Å². The smallest absolute Gasteiger partial charge is 0.255 e. The van der Waals surface area contributed by atoms with Crippen molar-refractivity contribution in [3.63, 3.8) is 0 Å². The van der Waals surface area contributed by atoms with Gasteiger partial charge in [0.2, 0.25) is 5.91 Å².